The zero-order valence-electron chi connectivity index (χ0n) is 14.9. The van der Waals surface area contributed by atoms with Gasteiger partial charge in [0.2, 0.25) is 21.9 Å². The van der Waals surface area contributed by atoms with E-state index in [1.165, 1.54) is 24.3 Å². The van der Waals surface area contributed by atoms with Gasteiger partial charge in [0.25, 0.3) is 5.92 Å². The molecule has 1 fully saturated rings. The second kappa shape index (κ2) is 8.05. The summed E-state index contributed by atoms with van der Waals surface area (Å²) < 4.78 is 86.3. The largest absolute Gasteiger partial charge is 0.434 e. The zero-order valence-corrected chi connectivity index (χ0v) is 16.5. The van der Waals surface area contributed by atoms with Crippen LogP contribution in [0, 0.1) is 11.8 Å². The average Bonchev–Trinajstić information content (AvgIpc) is 2.88. The minimum absolute atomic E-state index is 0.00877. The number of alkyl halides is 2. The van der Waals surface area contributed by atoms with E-state index in [-0.39, 0.29) is 28.6 Å². The molecule has 0 radical (unpaired) electrons. The fourth-order valence-electron chi connectivity index (χ4n) is 2.98. The van der Waals surface area contributed by atoms with Crippen molar-refractivity contribution in [1.29, 1.82) is 0 Å². The Morgan fingerprint density at radius 1 is 1.31 bits per heavy atom. The van der Waals surface area contributed by atoms with Crippen molar-refractivity contribution in [2.45, 2.75) is 24.4 Å². The standard InChI is InChI=1S/C17H16ClF4N3O3S/c1-29(26,27)25-15-11(23-8-17(15,21)22)7-9-3-2-4-12(14(9)20)28-16-10(18)5-6-13(19)24-16/h2-6,11,15,23,25H,7-8H2,1H3/t11-,15+/m0/s1. The lowest BCUT2D eigenvalue weighted by atomic mass is 9.99. The molecule has 2 aromatic rings. The number of aromatic nitrogens is 1. The molecule has 2 heterocycles. The first-order valence-electron chi connectivity index (χ1n) is 8.32. The molecule has 12 heteroatoms. The lowest BCUT2D eigenvalue weighted by molar-refractivity contribution is -0.000842. The minimum Gasteiger partial charge on any atom is -0.434 e. The molecule has 3 rings (SSSR count). The molecule has 158 valence electrons. The third-order valence-corrected chi connectivity index (χ3v) is 5.24. The number of nitrogens with zero attached hydrogens (tertiary/aromatic N) is 1. The molecule has 0 amide bonds. The van der Waals surface area contributed by atoms with Crippen LogP contribution in [-0.2, 0) is 16.4 Å². The molecule has 1 aromatic heterocycles. The van der Waals surface area contributed by atoms with Crippen LogP contribution in [-0.4, -0.2) is 44.2 Å². The lowest BCUT2D eigenvalue weighted by Crippen LogP contribution is -2.51. The van der Waals surface area contributed by atoms with E-state index in [4.69, 9.17) is 16.3 Å². The second-order valence-corrected chi connectivity index (χ2v) is 8.76. The van der Waals surface area contributed by atoms with Crippen molar-refractivity contribution in [3.05, 3.63) is 52.7 Å². The van der Waals surface area contributed by atoms with Crippen LogP contribution >= 0.6 is 11.6 Å². The highest BCUT2D eigenvalue weighted by Gasteiger charge is 2.51. The van der Waals surface area contributed by atoms with E-state index in [0.717, 1.165) is 12.3 Å². The van der Waals surface area contributed by atoms with Crippen LogP contribution in [0.3, 0.4) is 0 Å². The van der Waals surface area contributed by atoms with Gasteiger partial charge in [0, 0.05) is 6.04 Å². The van der Waals surface area contributed by atoms with E-state index in [0.29, 0.717) is 0 Å². The van der Waals surface area contributed by atoms with Crippen molar-refractivity contribution >= 4 is 21.6 Å². The molecule has 2 atom stereocenters. The second-order valence-electron chi connectivity index (χ2n) is 6.57. The molecule has 6 nitrogen and oxygen atoms in total. The van der Waals surface area contributed by atoms with Gasteiger partial charge in [-0.25, -0.2) is 26.3 Å². The molecular weight excluding hydrogens is 438 g/mol. The SMILES string of the molecule is CS(=O)(=O)N[C@@H]1[C@H](Cc2cccc(Oc3nc(F)ccc3Cl)c2F)NCC1(F)F. The molecule has 0 aliphatic carbocycles. The Morgan fingerprint density at radius 3 is 2.72 bits per heavy atom. The summed E-state index contributed by atoms with van der Waals surface area (Å²) in [6.07, 6.45) is 0.513. The van der Waals surface area contributed by atoms with Gasteiger partial charge in [-0.2, -0.15) is 9.37 Å². The third-order valence-electron chi connectivity index (χ3n) is 4.27. The fourth-order valence-corrected chi connectivity index (χ4v) is 3.93. The lowest BCUT2D eigenvalue weighted by Gasteiger charge is -2.24. The highest BCUT2D eigenvalue weighted by molar-refractivity contribution is 7.88. The maximum absolute atomic E-state index is 14.9. The van der Waals surface area contributed by atoms with Gasteiger partial charge in [-0.1, -0.05) is 23.7 Å². The van der Waals surface area contributed by atoms with Crippen molar-refractivity contribution in [3.8, 4) is 11.6 Å². The summed E-state index contributed by atoms with van der Waals surface area (Å²) in [6, 6.07) is 3.37. The zero-order chi connectivity index (χ0) is 21.4. The van der Waals surface area contributed by atoms with Crippen molar-refractivity contribution in [2.24, 2.45) is 0 Å². The van der Waals surface area contributed by atoms with Crippen LogP contribution < -0.4 is 14.8 Å². The van der Waals surface area contributed by atoms with Crippen LogP contribution in [0.15, 0.2) is 30.3 Å². The molecule has 2 N–H and O–H groups in total. The summed E-state index contributed by atoms with van der Waals surface area (Å²) in [7, 11) is -3.92. The number of sulfonamides is 1. The molecule has 1 saturated heterocycles. The fraction of sp³-hybridized carbons (Fsp3) is 0.353. The van der Waals surface area contributed by atoms with Crippen LogP contribution in [0.25, 0.3) is 0 Å². The molecular formula is C17H16ClF4N3O3S. The topological polar surface area (TPSA) is 80.3 Å². The molecule has 0 saturated carbocycles. The van der Waals surface area contributed by atoms with E-state index in [1.807, 2.05) is 4.72 Å². The van der Waals surface area contributed by atoms with Crippen LogP contribution in [0.2, 0.25) is 5.02 Å². The number of pyridine rings is 1. The summed E-state index contributed by atoms with van der Waals surface area (Å²) in [5.74, 6) is -5.81. The summed E-state index contributed by atoms with van der Waals surface area (Å²) in [5, 5.41) is 2.46. The van der Waals surface area contributed by atoms with Crippen molar-refractivity contribution < 1.29 is 30.7 Å². The molecule has 29 heavy (non-hydrogen) atoms. The van der Waals surface area contributed by atoms with Crippen molar-refractivity contribution in [1.82, 2.24) is 15.0 Å². The Balaban J connectivity index is 1.85. The van der Waals surface area contributed by atoms with Crippen molar-refractivity contribution in [3.63, 3.8) is 0 Å². The Hall–Kier alpha value is -1.95. The first-order chi connectivity index (χ1) is 13.5. The van der Waals surface area contributed by atoms with Gasteiger partial charge < -0.3 is 10.1 Å². The minimum atomic E-state index is -3.92. The maximum atomic E-state index is 14.9. The first kappa shape index (κ1) is 21.8. The molecule has 0 bridgehead atoms. The van der Waals surface area contributed by atoms with Gasteiger partial charge >= 0.3 is 0 Å². The van der Waals surface area contributed by atoms with E-state index in [9.17, 15) is 26.0 Å². The molecule has 1 aliphatic heterocycles. The number of halogens is 5. The van der Waals surface area contributed by atoms with Gasteiger partial charge in [0.05, 0.1) is 12.8 Å². The van der Waals surface area contributed by atoms with Crippen LogP contribution in [0.1, 0.15) is 5.56 Å². The highest BCUT2D eigenvalue weighted by atomic mass is 35.5. The quantitative estimate of drug-likeness (QED) is 0.519. The summed E-state index contributed by atoms with van der Waals surface area (Å²) >= 11 is 5.85. The van der Waals surface area contributed by atoms with Gasteiger partial charge in [-0.05, 0) is 30.2 Å². The number of hydrogen-bond donors (Lipinski definition) is 2. The normalized spacial score (nSPS) is 21.3. The van der Waals surface area contributed by atoms with Gasteiger partial charge in [0.15, 0.2) is 11.6 Å². The van der Waals surface area contributed by atoms with Gasteiger partial charge in [0.1, 0.15) is 11.1 Å². The van der Waals surface area contributed by atoms with E-state index in [1.54, 1.807) is 0 Å². The summed E-state index contributed by atoms with van der Waals surface area (Å²) in [5.41, 5.74) is -0.00877. The predicted octanol–water partition coefficient (Wildman–Crippen LogP) is 2.87. The monoisotopic (exact) mass is 453 g/mol. The number of nitrogens with one attached hydrogen (secondary N) is 2. The Kier molecular flexibility index (Phi) is 6.04. The van der Waals surface area contributed by atoms with Crippen LogP contribution in [0.5, 0.6) is 11.6 Å². The van der Waals surface area contributed by atoms with E-state index < -0.39 is 46.3 Å². The van der Waals surface area contributed by atoms with Gasteiger partial charge in [-0.15, -0.1) is 0 Å². The average molecular weight is 454 g/mol. The number of benzene rings is 1. The molecule has 0 spiro atoms. The Morgan fingerprint density at radius 2 is 2.03 bits per heavy atom. The smallest absolute Gasteiger partial charge is 0.277 e. The third kappa shape index (κ3) is 5.16. The van der Waals surface area contributed by atoms with Crippen LogP contribution in [0.4, 0.5) is 17.6 Å². The Bertz CT molecular complexity index is 1020. The summed E-state index contributed by atoms with van der Waals surface area (Å²) in [4.78, 5) is 3.44. The molecule has 1 aromatic carbocycles. The highest BCUT2D eigenvalue weighted by Crippen LogP contribution is 2.33. The Labute approximate surface area is 169 Å². The van der Waals surface area contributed by atoms with Gasteiger partial charge in [-0.3, -0.25) is 0 Å². The predicted molar refractivity (Wildman–Crippen MR) is 97.9 cm³/mol. The van der Waals surface area contributed by atoms with E-state index >= 15 is 0 Å². The molecule has 0 unspecified atom stereocenters. The number of ether oxygens (including phenoxy) is 1. The van der Waals surface area contributed by atoms with Crippen molar-refractivity contribution in [2.75, 3.05) is 12.8 Å². The summed E-state index contributed by atoms with van der Waals surface area (Å²) in [6.45, 7) is -0.758. The molecule has 1 aliphatic rings. The first-order valence-corrected chi connectivity index (χ1v) is 10.6. The maximum Gasteiger partial charge on any atom is 0.277 e. The van der Waals surface area contributed by atoms with E-state index in [2.05, 4.69) is 10.3 Å². The number of rotatable bonds is 6. The number of hydrogen-bond acceptors (Lipinski definition) is 5.